The fraction of sp³-hybridized carbons (Fsp3) is 0. The molecule has 0 spiro atoms. The quantitative estimate of drug-likeness (QED) is 0.00882. The molecule has 8 rings (SSSR count). The summed E-state index contributed by atoms with van der Waals surface area (Å²) in [4.78, 5) is 43.7. The molecule has 0 heterocycles. The van der Waals surface area contributed by atoms with Crippen molar-refractivity contribution in [3.8, 4) is 17.2 Å². The largest absolute Gasteiger partial charge is 1.00 e. The monoisotopic (exact) mass is 1340 g/mol. The number of carbonyl (C=O) groups excluding carboxylic acids is 1. The molecule has 440 valence electrons. The maximum absolute atomic E-state index is 12.5. The van der Waals surface area contributed by atoms with E-state index in [1.54, 1.807) is 0 Å². The second-order valence-electron chi connectivity index (χ2n) is 16.4. The molecule has 32 nitrogen and oxygen atoms in total. The van der Waals surface area contributed by atoms with E-state index in [0.29, 0.717) is 5.56 Å². The van der Waals surface area contributed by atoms with Crippen LogP contribution in [0.1, 0.15) is 42.2 Å². The maximum atomic E-state index is 12.5. The van der Waals surface area contributed by atoms with Crippen LogP contribution in [-0.4, -0.2) is 101 Å². The number of nitrogens with two attached hydrogens (primary N) is 2. The average Bonchev–Trinajstić information content (AvgIpc) is 0.804. The van der Waals surface area contributed by atoms with E-state index in [0.717, 1.165) is 42.5 Å². The van der Waals surface area contributed by atoms with E-state index in [9.17, 15) is 70.7 Å². The molecule has 0 bridgehead atoms. The zero-order valence-electron chi connectivity index (χ0n) is 46.2. The molecule has 0 saturated heterocycles. The number of carbonyl (C=O) groups is 4. The Morgan fingerprint density at radius 1 is 0.511 bits per heavy atom. The number of hydrogen-bond acceptors (Lipinski definition) is 29. The number of anilines is 2. The van der Waals surface area contributed by atoms with Crippen molar-refractivity contribution in [1.82, 2.24) is 0 Å². The topological polar surface area (TPSA) is 546 Å². The Balaban J connectivity index is 0.00000217. The van der Waals surface area contributed by atoms with Gasteiger partial charge in [-0.3, -0.25) is 4.79 Å². The van der Waals surface area contributed by atoms with Crippen LogP contribution in [0, 0.1) is 12.1 Å². The number of phenols is 2. The molecule has 8 aromatic rings. The zero-order valence-corrected chi connectivity index (χ0v) is 57.4. The van der Waals surface area contributed by atoms with Gasteiger partial charge in [0.25, 0.3) is 6.47 Å². The number of carboxylic acid groups (broad SMARTS) is 3. The van der Waals surface area contributed by atoms with Crippen LogP contribution in [0.2, 0.25) is 0 Å². The van der Waals surface area contributed by atoms with E-state index in [1.807, 2.05) is 0 Å². The standard InChI is InChI=1S/C50H32N10O16S2.4Na.2O3S/c51-36-10-13-38(34-9-12-40(46(62)43(34)36)59-55-32-18-28(50(68)69)19-33(20-32)76-23-61)57-54-30-8-5-25(41(21-30)77(70,71)72)4-1-24-2-6-29(7-3-24)53-58-39-14-11-37(52)44-35(39)22-42(78(73,74)75)45(47(44)63)60-56-31-16-26(48(64)65)15-27(17-31)49(66)67;;;;;2*1-4(2)3/h1-2,4-11,13-23,62-63H,51-52H2,(H,64,65)(H,66,67)(H,68,69)(H,70,71,72)(H,73,74,75);;;;;;/q-2;4*+1;;/p-2/b4-1+,57-54?,58-53?,59-55?,60-56?;;;;;;. The van der Waals surface area contributed by atoms with Gasteiger partial charge in [-0.05, 0) is 78.4 Å². The van der Waals surface area contributed by atoms with Gasteiger partial charge in [-0.1, -0.05) is 22.9 Å². The van der Waals surface area contributed by atoms with Crippen LogP contribution in [0.5, 0.6) is 17.2 Å². The van der Waals surface area contributed by atoms with Crippen molar-refractivity contribution >= 4 is 156 Å². The minimum Gasteiger partial charge on any atom is -0.744 e. The molecule has 40 heteroatoms. The van der Waals surface area contributed by atoms with Crippen LogP contribution in [0.4, 0.5) is 56.9 Å². The van der Waals surface area contributed by atoms with Crippen LogP contribution in [-0.2, 0) is 46.2 Å². The molecule has 0 radical (unpaired) electrons. The number of rotatable bonds is 17. The fourth-order valence-electron chi connectivity index (χ4n) is 7.33. The van der Waals surface area contributed by atoms with Crippen LogP contribution in [0.25, 0.3) is 33.7 Å². The van der Waals surface area contributed by atoms with Crippen molar-refractivity contribution in [2.45, 2.75) is 9.79 Å². The third-order valence-corrected chi connectivity index (χ3v) is 12.6. The van der Waals surface area contributed by atoms with Crippen molar-refractivity contribution in [3.63, 3.8) is 0 Å². The first kappa shape index (κ1) is 78.7. The molecule has 0 atom stereocenters. The summed E-state index contributed by atoms with van der Waals surface area (Å²) >= 11 is 0. The molecule has 8 aromatic carbocycles. The number of phenolic OH excluding ortho intramolecular Hbond substituents is 2. The second-order valence-corrected chi connectivity index (χ2v) is 19.9. The molecular weight excluding hydrogens is 1310 g/mol. The summed E-state index contributed by atoms with van der Waals surface area (Å²) in [5.74, 6) is -5.92. The zero-order chi connectivity index (χ0) is 63.4. The second kappa shape index (κ2) is 34.7. The molecule has 0 aliphatic heterocycles. The van der Waals surface area contributed by atoms with Gasteiger partial charge < -0.3 is 50.8 Å². The first-order valence-corrected chi connectivity index (χ1v) is 27.4. The Kier molecular flexibility index (Phi) is 30.3. The Morgan fingerprint density at radius 2 is 0.989 bits per heavy atom. The number of aromatic hydroxyl groups is 2. The van der Waals surface area contributed by atoms with Gasteiger partial charge in [0.1, 0.15) is 31.7 Å². The minimum absolute atomic E-state index is 0. The number of carboxylic acids is 3. The third-order valence-electron chi connectivity index (χ3n) is 10.9. The molecule has 9 N–H and O–H groups in total. The normalized spacial score (nSPS) is 11.1. The van der Waals surface area contributed by atoms with Gasteiger partial charge >= 0.3 is 157 Å². The smallest absolute Gasteiger partial charge is 0.744 e. The van der Waals surface area contributed by atoms with Crippen molar-refractivity contribution in [2.24, 2.45) is 40.9 Å². The van der Waals surface area contributed by atoms with Gasteiger partial charge in [0.15, 0.2) is 5.75 Å². The van der Waals surface area contributed by atoms with Crippen LogP contribution < -0.4 is 134 Å². The number of azo groups is 4. The minimum atomic E-state index is -5.44. The van der Waals surface area contributed by atoms with E-state index in [4.69, 9.17) is 41.5 Å². The average molecular weight is 1340 g/mol. The van der Waals surface area contributed by atoms with E-state index < -0.39 is 97.5 Å². The summed E-state index contributed by atoms with van der Waals surface area (Å²) in [7, 11) is -16.8. The molecule has 0 amide bonds. The molecule has 90 heavy (non-hydrogen) atoms. The van der Waals surface area contributed by atoms with Crippen LogP contribution in [0.15, 0.2) is 160 Å². The van der Waals surface area contributed by atoms with Crippen molar-refractivity contribution < 1.29 is 219 Å². The Labute approximate surface area is 597 Å². The third kappa shape index (κ3) is 21.3. The summed E-state index contributed by atoms with van der Waals surface area (Å²) in [5.41, 5.74) is 9.92. The van der Waals surface area contributed by atoms with Gasteiger partial charge in [-0.15, -0.1) is 60.7 Å². The van der Waals surface area contributed by atoms with Gasteiger partial charge in [-0.25, -0.2) is 36.3 Å². The number of aromatic carboxylic acids is 3. The molecule has 0 fully saturated rings. The van der Waals surface area contributed by atoms with E-state index >= 15 is 0 Å². The summed E-state index contributed by atoms with van der Waals surface area (Å²) in [6, 6.07) is 27.4. The Hall–Kier alpha value is -7.44. The predicted molar refractivity (Wildman–Crippen MR) is 292 cm³/mol. The molecule has 0 saturated carbocycles. The van der Waals surface area contributed by atoms with Crippen molar-refractivity contribution in [1.29, 1.82) is 0 Å². The first-order chi connectivity index (χ1) is 40.4. The molecule has 0 aliphatic carbocycles. The van der Waals surface area contributed by atoms with Gasteiger partial charge in [0.2, 0.25) is 0 Å². The van der Waals surface area contributed by atoms with Crippen molar-refractivity contribution in [2.75, 3.05) is 11.5 Å². The van der Waals surface area contributed by atoms with E-state index in [-0.39, 0.29) is 214 Å². The van der Waals surface area contributed by atoms with E-state index in [2.05, 4.69) is 53.0 Å². The molecule has 0 aromatic heterocycles. The predicted octanol–water partition coefficient (Wildman–Crippen LogP) is -3.55. The molecular formula is C50H30N10Na4O22S4. The Bertz CT molecular complexity index is 4710. The first-order valence-electron chi connectivity index (χ1n) is 22.6. The molecule has 0 unspecified atom stereocenters. The number of nitrogens with zero attached hydrogens (tertiary/aromatic N) is 8. The summed E-state index contributed by atoms with van der Waals surface area (Å²) in [5, 5.41) is 82.3. The summed E-state index contributed by atoms with van der Waals surface area (Å²) in [6.45, 7) is 0.0981. The number of ether oxygens (including phenoxy) is 1. The van der Waals surface area contributed by atoms with Gasteiger partial charge in [-0.2, -0.15) is 48.4 Å². The molecule has 0 aliphatic rings. The number of fused-ring (bicyclic) bond motifs is 2. The summed E-state index contributed by atoms with van der Waals surface area (Å²) < 4.78 is 130. The Morgan fingerprint density at radius 3 is 1.50 bits per heavy atom. The van der Waals surface area contributed by atoms with Crippen LogP contribution >= 0.6 is 0 Å². The number of nitrogen functional groups attached to an aromatic ring is 2. The number of benzene rings is 8. The van der Waals surface area contributed by atoms with E-state index in [1.165, 1.54) is 78.9 Å². The summed E-state index contributed by atoms with van der Waals surface area (Å²) in [6.07, 6.45) is 2.75. The number of hydrogen-bond donors (Lipinski definition) is 7. The SMILES string of the molecule is Nc1ccc(N=Nc2ccc(/C=C/c3[c-]cc(N=Nc4ccc(N)c5c(O)c(N=Nc6cc(C(=O)O)cc(C(=O)O)c6)c(S(=O)(=O)[O-])cc45)cc3)c(S(=O)(=O)[O-])c2)c2c[c-]c(N=Nc3cc(OC=O)cc(C(=O)O)c3)c(O)c12.O=S(=O)=O.O=S(=O)=O.[Na+].[Na+].[Na+].[Na+]. The van der Waals surface area contributed by atoms with Crippen molar-refractivity contribution in [3.05, 3.63) is 149 Å². The van der Waals surface area contributed by atoms with Gasteiger partial charge in [0.05, 0.1) is 54.6 Å². The maximum Gasteiger partial charge on any atom is 1.00 e. The fourth-order valence-corrected chi connectivity index (χ4v) is 8.65. The van der Waals surface area contributed by atoms with Crippen LogP contribution in [0.3, 0.4) is 0 Å². The van der Waals surface area contributed by atoms with Gasteiger partial charge in [0, 0.05) is 45.6 Å².